The van der Waals surface area contributed by atoms with Crippen LogP contribution in [0, 0.1) is 5.92 Å². The largest absolute Gasteiger partial charge is 0.483 e. The molecule has 2 fully saturated rings. The molecule has 4 rings (SSSR count). The van der Waals surface area contributed by atoms with Crippen LogP contribution in [0.15, 0.2) is 36.4 Å². The number of piperazine rings is 1. The van der Waals surface area contributed by atoms with E-state index in [9.17, 15) is 14.4 Å². The molecule has 0 aromatic heterocycles. The van der Waals surface area contributed by atoms with E-state index in [0.29, 0.717) is 59.7 Å². The number of carbonyl (C=O) groups is 3. The van der Waals surface area contributed by atoms with Crippen LogP contribution in [0.1, 0.15) is 35.7 Å². The van der Waals surface area contributed by atoms with E-state index in [1.807, 2.05) is 18.2 Å². The summed E-state index contributed by atoms with van der Waals surface area (Å²) in [5, 5.41) is 4.49. The number of rotatable bonds is 11. The molecule has 2 aromatic carbocycles. The highest BCUT2D eigenvalue weighted by atomic mass is 35.5. The third kappa shape index (κ3) is 9.22. The predicted octanol–water partition coefficient (Wildman–Crippen LogP) is 4.37. The Bertz CT molecular complexity index is 1250. The molecule has 9 nitrogen and oxygen atoms in total. The molecule has 228 valence electrons. The van der Waals surface area contributed by atoms with Crippen LogP contribution in [0.4, 0.5) is 0 Å². The summed E-state index contributed by atoms with van der Waals surface area (Å²) < 4.78 is 10.9. The summed E-state index contributed by atoms with van der Waals surface area (Å²) >= 11 is 18.3. The number of nitrogens with zero attached hydrogens (tertiary/aromatic N) is 3. The van der Waals surface area contributed by atoms with Gasteiger partial charge in [-0.3, -0.25) is 24.2 Å². The Balaban J connectivity index is 1.20. The van der Waals surface area contributed by atoms with Crippen LogP contribution in [0.2, 0.25) is 15.1 Å². The lowest BCUT2D eigenvalue weighted by Gasteiger charge is -2.34. The van der Waals surface area contributed by atoms with Crippen molar-refractivity contribution in [1.29, 1.82) is 0 Å². The molecule has 0 unspecified atom stereocenters. The van der Waals surface area contributed by atoms with Crippen LogP contribution in [-0.2, 0) is 20.9 Å². The van der Waals surface area contributed by atoms with E-state index in [-0.39, 0.29) is 36.1 Å². The first kappa shape index (κ1) is 32.4. The molecule has 2 aliphatic rings. The van der Waals surface area contributed by atoms with Gasteiger partial charge in [-0.1, -0.05) is 40.9 Å². The molecule has 0 aliphatic carbocycles. The first-order valence-corrected chi connectivity index (χ1v) is 15.4. The van der Waals surface area contributed by atoms with Crippen molar-refractivity contribution in [3.05, 3.63) is 62.6 Å². The first-order chi connectivity index (χ1) is 20.2. The minimum absolute atomic E-state index is 0.184. The van der Waals surface area contributed by atoms with Crippen molar-refractivity contribution in [2.75, 3.05) is 65.6 Å². The molecule has 12 heteroatoms. The smallest absolute Gasteiger partial charge is 0.309 e. The van der Waals surface area contributed by atoms with Gasteiger partial charge in [-0.15, -0.1) is 0 Å². The number of carbonyl (C=O) groups excluding carboxylic acids is 3. The molecule has 2 saturated heterocycles. The Morgan fingerprint density at radius 2 is 1.62 bits per heavy atom. The van der Waals surface area contributed by atoms with Crippen molar-refractivity contribution in [1.82, 2.24) is 20.0 Å². The van der Waals surface area contributed by atoms with E-state index in [4.69, 9.17) is 44.3 Å². The number of amides is 2. The molecule has 0 atom stereocenters. The van der Waals surface area contributed by atoms with Crippen LogP contribution >= 0.6 is 34.8 Å². The zero-order valence-corrected chi connectivity index (χ0v) is 26.0. The van der Waals surface area contributed by atoms with Crippen molar-refractivity contribution in [3.63, 3.8) is 0 Å². The van der Waals surface area contributed by atoms with E-state index in [1.54, 1.807) is 30.0 Å². The van der Waals surface area contributed by atoms with Gasteiger partial charge < -0.3 is 19.7 Å². The van der Waals surface area contributed by atoms with Crippen LogP contribution in [0.3, 0.4) is 0 Å². The van der Waals surface area contributed by atoms with Gasteiger partial charge in [-0.05, 0) is 55.7 Å². The van der Waals surface area contributed by atoms with Crippen molar-refractivity contribution < 1.29 is 23.9 Å². The summed E-state index contributed by atoms with van der Waals surface area (Å²) in [6, 6.07) is 10.5. The van der Waals surface area contributed by atoms with E-state index >= 15 is 0 Å². The van der Waals surface area contributed by atoms with Gasteiger partial charge in [0.2, 0.25) is 0 Å². The van der Waals surface area contributed by atoms with Gasteiger partial charge in [0.1, 0.15) is 5.75 Å². The molecule has 2 amide bonds. The molecule has 2 heterocycles. The highest BCUT2D eigenvalue weighted by Crippen LogP contribution is 2.25. The fourth-order valence-electron chi connectivity index (χ4n) is 5.15. The van der Waals surface area contributed by atoms with Gasteiger partial charge in [0.05, 0.1) is 28.1 Å². The normalized spacial score (nSPS) is 16.7. The van der Waals surface area contributed by atoms with Crippen molar-refractivity contribution >= 4 is 52.6 Å². The molecular formula is C30H37Cl3N4O5. The number of nitrogens with one attached hydrogen (secondary N) is 1. The number of ether oxygens (including phenoxy) is 2. The number of hydrogen-bond acceptors (Lipinski definition) is 7. The molecule has 2 aromatic rings. The van der Waals surface area contributed by atoms with Gasteiger partial charge in [-0.2, -0.15) is 0 Å². The van der Waals surface area contributed by atoms with Crippen molar-refractivity contribution in [3.8, 4) is 5.75 Å². The third-order valence-electron chi connectivity index (χ3n) is 7.58. The molecule has 42 heavy (non-hydrogen) atoms. The molecule has 0 saturated carbocycles. The van der Waals surface area contributed by atoms with Gasteiger partial charge in [-0.25, -0.2) is 0 Å². The molecular weight excluding hydrogens is 603 g/mol. The van der Waals surface area contributed by atoms with Crippen molar-refractivity contribution in [2.45, 2.75) is 26.3 Å². The molecule has 0 bridgehead atoms. The van der Waals surface area contributed by atoms with E-state index < -0.39 is 0 Å². The zero-order chi connectivity index (χ0) is 30.1. The Morgan fingerprint density at radius 1 is 0.905 bits per heavy atom. The fourth-order valence-corrected chi connectivity index (χ4v) is 5.63. The lowest BCUT2D eigenvalue weighted by molar-refractivity contribution is -0.151. The maximum atomic E-state index is 13.0. The number of benzene rings is 2. The average Bonchev–Trinajstić information content (AvgIpc) is 2.99. The standard InChI is InChI=1S/C30H37Cl3N4O5/c1-2-41-30(40)22-7-10-37(11-8-22)28(38)20-42-27-18-23(31)4-5-24(27)29(39)34-9-12-35-13-15-36(16-14-35)19-21-3-6-25(32)26(33)17-21/h3-6,17-18,22H,2,7-16,19-20H2,1H3,(H,34,39). The number of esters is 1. The van der Waals surface area contributed by atoms with Crippen LogP contribution in [-0.4, -0.2) is 98.1 Å². The Labute approximate surface area is 261 Å². The highest BCUT2D eigenvalue weighted by molar-refractivity contribution is 6.42. The zero-order valence-electron chi connectivity index (χ0n) is 23.8. The first-order valence-electron chi connectivity index (χ1n) is 14.3. The van der Waals surface area contributed by atoms with Gasteiger partial charge in [0, 0.05) is 63.9 Å². The molecule has 2 aliphatic heterocycles. The fraction of sp³-hybridized carbons (Fsp3) is 0.500. The third-order valence-corrected chi connectivity index (χ3v) is 8.55. The van der Waals surface area contributed by atoms with Crippen molar-refractivity contribution in [2.24, 2.45) is 5.92 Å². The second kappa shape index (κ2) is 15.8. The lowest BCUT2D eigenvalue weighted by Crippen LogP contribution is -2.48. The summed E-state index contributed by atoms with van der Waals surface area (Å²) in [4.78, 5) is 44.1. The topological polar surface area (TPSA) is 91.4 Å². The number of halogens is 3. The second-order valence-corrected chi connectivity index (χ2v) is 11.7. The Hall–Kier alpha value is -2.56. The van der Waals surface area contributed by atoms with Gasteiger partial charge >= 0.3 is 5.97 Å². The lowest BCUT2D eigenvalue weighted by atomic mass is 9.97. The summed E-state index contributed by atoms with van der Waals surface area (Å²) in [5.41, 5.74) is 1.45. The summed E-state index contributed by atoms with van der Waals surface area (Å²) in [6.45, 7) is 8.44. The van der Waals surface area contributed by atoms with E-state index in [0.717, 1.165) is 44.8 Å². The monoisotopic (exact) mass is 638 g/mol. The second-order valence-electron chi connectivity index (χ2n) is 10.5. The Morgan fingerprint density at radius 3 is 2.31 bits per heavy atom. The summed E-state index contributed by atoms with van der Waals surface area (Å²) in [7, 11) is 0. The number of likely N-dealkylation sites (tertiary alicyclic amines) is 1. The van der Waals surface area contributed by atoms with E-state index in [1.165, 1.54) is 0 Å². The quantitative estimate of drug-likeness (QED) is 0.365. The summed E-state index contributed by atoms with van der Waals surface area (Å²) in [5.74, 6) is -0.635. The van der Waals surface area contributed by atoms with E-state index in [2.05, 4.69) is 15.1 Å². The van der Waals surface area contributed by atoms with Crippen LogP contribution in [0.5, 0.6) is 5.75 Å². The minimum atomic E-state index is -0.289. The van der Waals surface area contributed by atoms with Crippen LogP contribution < -0.4 is 10.1 Å². The maximum absolute atomic E-state index is 13.0. The predicted molar refractivity (Wildman–Crippen MR) is 163 cm³/mol. The SMILES string of the molecule is CCOC(=O)C1CCN(C(=O)COc2cc(Cl)ccc2C(=O)NCCN2CCN(Cc3ccc(Cl)c(Cl)c3)CC2)CC1. The number of piperidine rings is 1. The van der Waals surface area contributed by atoms with Gasteiger partial charge in [0.25, 0.3) is 11.8 Å². The minimum Gasteiger partial charge on any atom is -0.483 e. The van der Waals surface area contributed by atoms with Crippen LogP contribution in [0.25, 0.3) is 0 Å². The average molecular weight is 640 g/mol. The summed E-state index contributed by atoms with van der Waals surface area (Å²) in [6.07, 6.45) is 1.11. The molecule has 1 N–H and O–H groups in total. The van der Waals surface area contributed by atoms with Gasteiger partial charge in [0.15, 0.2) is 6.61 Å². The maximum Gasteiger partial charge on any atom is 0.309 e. The molecule has 0 spiro atoms. The number of hydrogen-bond donors (Lipinski definition) is 1. The molecule has 0 radical (unpaired) electrons. The Kier molecular flexibility index (Phi) is 12.2. The highest BCUT2D eigenvalue weighted by Gasteiger charge is 2.28.